The van der Waals surface area contributed by atoms with Crippen LogP contribution in [0.3, 0.4) is 0 Å². The highest BCUT2D eigenvalue weighted by Crippen LogP contribution is 2.39. The zero-order valence-electron chi connectivity index (χ0n) is 10.3. The molecule has 2 fully saturated rings. The van der Waals surface area contributed by atoms with Gasteiger partial charge in [0.1, 0.15) is 5.82 Å². The summed E-state index contributed by atoms with van der Waals surface area (Å²) in [6.07, 6.45) is -0.432. The number of rotatable bonds is 1. The van der Waals surface area contributed by atoms with Crippen LogP contribution in [0.5, 0.6) is 0 Å². The van der Waals surface area contributed by atoms with Gasteiger partial charge in [-0.1, -0.05) is 0 Å². The van der Waals surface area contributed by atoms with Crippen LogP contribution in [0.25, 0.3) is 0 Å². The molecule has 2 aliphatic rings. The van der Waals surface area contributed by atoms with Crippen molar-refractivity contribution in [2.24, 2.45) is 0 Å². The lowest BCUT2D eigenvalue weighted by Gasteiger charge is -2.38. The van der Waals surface area contributed by atoms with Gasteiger partial charge in [-0.2, -0.15) is 13.2 Å². The standard InChI is InChI=1S/C13H15F3N2O/c14-13(15,16)8-1-4-12(17-7-8)18-9-2-3-10(18)6-11(19)5-9/h1,4,7,9-11,19H,2-3,5-6H2/t9-,10?,11?/m1/s1. The monoisotopic (exact) mass is 272 g/mol. The molecule has 1 aromatic rings. The average molecular weight is 272 g/mol. The van der Waals surface area contributed by atoms with E-state index in [1.165, 1.54) is 6.07 Å². The zero-order chi connectivity index (χ0) is 13.6. The van der Waals surface area contributed by atoms with Gasteiger partial charge in [0.25, 0.3) is 0 Å². The van der Waals surface area contributed by atoms with Gasteiger partial charge in [-0.15, -0.1) is 0 Å². The first-order valence-corrected chi connectivity index (χ1v) is 6.45. The van der Waals surface area contributed by atoms with Gasteiger partial charge >= 0.3 is 6.18 Å². The van der Waals surface area contributed by atoms with E-state index in [2.05, 4.69) is 9.88 Å². The summed E-state index contributed by atoms with van der Waals surface area (Å²) in [7, 11) is 0. The maximum absolute atomic E-state index is 12.5. The van der Waals surface area contributed by atoms with Crippen molar-refractivity contribution in [1.82, 2.24) is 4.98 Å². The lowest BCUT2D eigenvalue weighted by atomic mass is 10.00. The van der Waals surface area contributed by atoms with Crippen molar-refractivity contribution in [2.45, 2.75) is 50.0 Å². The molecule has 6 heteroatoms. The lowest BCUT2D eigenvalue weighted by Crippen LogP contribution is -2.45. The normalized spacial score (nSPS) is 30.7. The first kappa shape index (κ1) is 12.7. The average Bonchev–Trinajstić information content (AvgIpc) is 2.61. The number of nitrogens with zero attached hydrogens (tertiary/aromatic N) is 2. The van der Waals surface area contributed by atoms with Gasteiger partial charge in [-0.25, -0.2) is 4.98 Å². The van der Waals surface area contributed by atoms with Gasteiger partial charge in [0.2, 0.25) is 0 Å². The van der Waals surface area contributed by atoms with Gasteiger partial charge in [0, 0.05) is 18.3 Å². The van der Waals surface area contributed by atoms with E-state index in [9.17, 15) is 18.3 Å². The van der Waals surface area contributed by atoms with Crippen LogP contribution in [-0.2, 0) is 6.18 Å². The second-order valence-corrected chi connectivity index (χ2v) is 5.32. The Labute approximate surface area is 109 Å². The molecule has 0 spiro atoms. The van der Waals surface area contributed by atoms with Crippen LogP contribution in [0.4, 0.5) is 19.0 Å². The molecule has 2 unspecified atom stereocenters. The number of pyridine rings is 1. The second kappa shape index (κ2) is 4.37. The predicted molar refractivity (Wildman–Crippen MR) is 63.8 cm³/mol. The molecule has 2 aliphatic heterocycles. The van der Waals surface area contributed by atoms with Crippen LogP contribution < -0.4 is 4.90 Å². The Morgan fingerprint density at radius 1 is 1.16 bits per heavy atom. The number of halogens is 3. The Morgan fingerprint density at radius 3 is 2.26 bits per heavy atom. The molecule has 0 radical (unpaired) electrons. The Bertz CT molecular complexity index is 446. The summed E-state index contributed by atoms with van der Waals surface area (Å²) in [5, 5.41) is 9.71. The summed E-state index contributed by atoms with van der Waals surface area (Å²) < 4.78 is 37.5. The Morgan fingerprint density at radius 2 is 1.79 bits per heavy atom. The molecule has 3 nitrogen and oxygen atoms in total. The van der Waals surface area contributed by atoms with Crippen LogP contribution in [0.1, 0.15) is 31.2 Å². The first-order chi connectivity index (χ1) is 8.95. The summed E-state index contributed by atoms with van der Waals surface area (Å²) in [6, 6.07) is 2.93. The van der Waals surface area contributed by atoms with E-state index in [1.807, 2.05) is 0 Å². The molecule has 19 heavy (non-hydrogen) atoms. The number of fused-ring (bicyclic) bond motifs is 2. The van der Waals surface area contributed by atoms with E-state index in [0.29, 0.717) is 18.7 Å². The number of piperidine rings is 1. The van der Waals surface area contributed by atoms with Gasteiger partial charge in [0.15, 0.2) is 0 Å². The molecule has 0 amide bonds. The largest absolute Gasteiger partial charge is 0.417 e. The molecule has 1 N–H and O–H groups in total. The van der Waals surface area contributed by atoms with Crippen molar-refractivity contribution in [3.8, 4) is 0 Å². The maximum Gasteiger partial charge on any atom is 0.417 e. The van der Waals surface area contributed by atoms with Crippen LogP contribution >= 0.6 is 0 Å². The van der Waals surface area contributed by atoms with Gasteiger partial charge < -0.3 is 10.0 Å². The van der Waals surface area contributed by atoms with E-state index in [0.717, 1.165) is 25.1 Å². The highest BCUT2D eigenvalue weighted by Gasteiger charge is 2.41. The summed E-state index contributed by atoms with van der Waals surface area (Å²) in [5.74, 6) is 0.590. The topological polar surface area (TPSA) is 36.4 Å². The number of aliphatic hydroxyl groups excluding tert-OH is 1. The second-order valence-electron chi connectivity index (χ2n) is 5.32. The molecular formula is C13H15F3N2O. The molecule has 3 heterocycles. The minimum atomic E-state index is -4.34. The Kier molecular flexibility index (Phi) is 2.92. The van der Waals surface area contributed by atoms with Gasteiger partial charge in [0.05, 0.1) is 11.7 Å². The molecule has 0 saturated carbocycles. The highest BCUT2D eigenvalue weighted by atomic mass is 19.4. The van der Waals surface area contributed by atoms with E-state index in [4.69, 9.17) is 0 Å². The molecule has 1 aromatic heterocycles. The van der Waals surface area contributed by atoms with Crippen molar-refractivity contribution in [2.75, 3.05) is 4.90 Å². The highest BCUT2D eigenvalue weighted by molar-refractivity contribution is 5.44. The third-order valence-electron chi connectivity index (χ3n) is 4.05. The first-order valence-electron chi connectivity index (χ1n) is 6.45. The zero-order valence-corrected chi connectivity index (χ0v) is 10.3. The Balaban J connectivity index is 1.84. The number of hydrogen-bond donors (Lipinski definition) is 1. The van der Waals surface area contributed by atoms with Crippen molar-refractivity contribution >= 4 is 5.82 Å². The van der Waals surface area contributed by atoms with Crippen LogP contribution in [0.15, 0.2) is 18.3 Å². The fourth-order valence-electron chi connectivity index (χ4n) is 3.23. The molecule has 104 valence electrons. The van der Waals surface area contributed by atoms with Crippen molar-refractivity contribution in [3.63, 3.8) is 0 Å². The molecule has 2 bridgehead atoms. The Hall–Kier alpha value is -1.30. The quantitative estimate of drug-likeness (QED) is 0.853. The van der Waals surface area contributed by atoms with Gasteiger partial charge in [-0.05, 0) is 37.8 Å². The van der Waals surface area contributed by atoms with E-state index < -0.39 is 11.7 Å². The third-order valence-corrected chi connectivity index (χ3v) is 4.05. The summed E-state index contributed by atoms with van der Waals surface area (Å²) in [4.78, 5) is 6.04. The number of anilines is 1. The van der Waals surface area contributed by atoms with E-state index in [1.54, 1.807) is 0 Å². The third kappa shape index (κ3) is 2.29. The molecule has 0 aliphatic carbocycles. The fraction of sp³-hybridized carbons (Fsp3) is 0.615. The molecule has 3 rings (SSSR count). The van der Waals surface area contributed by atoms with Gasteiger partial charge in [-0.3, -0.25) is 0 Å². The summed E-state index contributed by atoms with van der Waals surface area (Å²) in [5.41, 5.74) is -0.722. The summed E-state index contributed by atoms with van der Waals surface area (Å²) in [6.45, 7) is 0. The lowest BCUT2D eigenvalue weighted by molar-refractivity contribution is -0.137. The van der Waals surface area contributed by atoms with Crippen molar-refractivity contribution in [3.05, 3.63) is 23.9 Å². The van der Waals surface area contributed by atoms with Crippen molar-refractivity contribution < 1.29 is 18.3 Å². The minimum Gasteiger partial charge on any atom is -0.393 e. The SMILES string of the molecule is OC1CC2CC[C@H](C1)N2c1ccc(C(F)(F)F)cn1. The smallest absolute Gasteiger partial charge is 0.393 e. The summed E-state index contributed by atoms with van der Waals surface area (Å²) >= 11 is 0. The number of aromatic nitrogens is 1. The van der Waals surface area contributed by atoms with E-state index in [-0.39, 0.29) is 18.2 Å². The molecule has 2 saturated heterocycles. The van der Waals surface area contributed by atoms with E-state index >= 15 is 0 Å². The maximum atomic E-state index is 12.5. The fourth-order valence-corrected chi connectivity index (χ4v) is 3.23. The predicted octanol–water partition coefficient (Wildman–Crippen LogP) is 2.59. The van der Waals surface area contributed by atoms with Crippen LogP contribution in [0.2, 0.25) is 0 Å². The molecule has 3 atom stereocenters. The number of aliphatic hydroxyl groups is 1. The van der Waals surface area contributed by atoms with Crippen LogP contribution in [0, 0.1) is 0 Å². The van der Waals surface area contributed by atoms with Crippen LogP contribution in [-0.4, -0.2) is 28.3 Å². The minimum absolute atomic E-state index is 0.206. The molecular weight excluding hydrogens is 257 g/mol. The molecule has 0 aromatic carbocycles. The van der Waals surface area contributed by atoms with Crippen molar-refractivity contribution in [1.29, 1.82) is 0 Å². The number of hydrogen-bond acceptors (Lipinski definition) is 3. The number of alkyl halides is 3.